The van der Waals surface area contributed by atoms with E-state index in [-0.39, 0.29) is 11.7 Å². The number of nitro groups is 1. The molecule has 0 spiro atoms. The van der Waals surface area contributed by atoms with Crippen molar-refractivity contribution < 1.29 is 4.92 Å². The summed E-state index contributed by atoms with van der Waals surface area (Å²) in [5.74, 6) is 0. The van der Waals surface area contributed by atoms with Crippen LogP contribution in [0.1, 0.15) is 18.5 Å². The minimum absolute atomic E-state index is 0.0109. The Hall–Kier alpha value is -1.78. The summed E-state index contributed by atoms with van der Waals surface area (Å²) < 4.78 is 0. The molecule has 2 aromatic rings. The molecule has 1 N–H and O–H groups in total. The molecule has 2 aromatic carbocycles. The Morgan fingerprint density at radius 3 is 2.50 bits per heavy atom. The predicted octanol–water partition coefficient (Wildman–Crippen LogP) is 5.07. The number of anilines is 1. The van der Waals surface area contributed by atoms with Crippen molar-refractivity contribution in [1.29, 1.82) is 0 Å². The normalized spacial score (nSPS) is 11.9. The molecule has 0 saturated carbocycles. The third-order valence-corrected chi connectivity index (χ3v) is 3.35. The highest BCUT2D eigenvalue weighted by Crippen LogP contribution is 2.31. The van der Waals surface area contributed by atoms with Crippen molar-refractivity contribution in [3.8, 4) is 0 Å². The summed E-state index contributed by atoms with van der Waals surface area (Å²) in [6.45, 7) is 1.90. The first-order chi connectivity index (χ1) is 9.47. The van der Waals surface area contributed by atoms with E-state index in [1.807, 2.05) is 25.1 Å². The van der Waals surface area contributed by atoms with E-state index in [1.165, 1.54) is 12.1 Å². The molecule has 0 fully saturated rings. The standard InChI is InChI=1S/C14H12Cl2N2O2/c1-9(10-3-2-4-11(15)7-10)17-13-8-12(16)5-6-14(13)18(19)20/h2-9,17H,1H3. The van der Waals surface area contributed by atoms with Crippen LogP contribution in [0.15, 0.2) is 42.5 Å². The highest BCUT2D eigenvalue weighted by Gasteiger charge is 2.16. The number of halogens is 2. The topological polar surface area (TPSA) is 55.2 Å². The molecule has 1 unspecified atom stereocenters. The van der Waals surface area contributed by atoms with Crippen LogP contribution in [-0.2, 0) is 0 Å². The number of rotatable bonds is 4. The van der Waals surface area contributed by atoms with Gasteiger partial charge in [0, 0.05) is 22.2 Å². The average Bonchev–Trinajstić information content (AvgIpc) is 2.38. The van der Waals surface area contributed by atoms with E-state index < -0.39 is 4.92 Å². The molecular formula is C14H12Cl2N2O2. The van der Waals surface area contributed by atoms with Crippen LogP contribution in [0.2, 0.25) is 10.0 Å². The molecule has 0 radical (unpaired) electrons. The van der Waals surface area contributed by atoms with E-state index >= 15 is 0 Å². The van der Waals surface area contributed by atoms with Crippen molar-refractivity contribution in [1.82, 2.24) is 0 Å². The molecule has 0 aliphatic rings. The number of hydrogen-bond donors (Lipinski definition) is 1. The molecule has 20 heavy (non-hydrogen) atoms. The van der Waals surface area contributed by atoms with Gasteiger partial charge in [-0.25, -0.2) is 0 Å². The fourth-order valence-electron chi connectivity index (χ4n) is 1.88. The SMILES string of the molecule is CC(Nc1cc(Cl)ccc1[N+](=O)[O-])c1cccc(Cl)c1. The zero-order chi connectivity index (χ0) is 14.7. The van der Waals surface area contributed by atoms with Crippen LogP contribution in [0.4, 0.5) is 11.4 Å². The Bertz CT molecular complexity index is 647. The van der Waals surface area contributed by atoms with Crippen molar-refractivity contribution in [3.05, 3.63) is 68.2 Å². The van der Waals surface area contributed by atoms with E-state index in [9.17, 15) is 10.1 Å². The van der Waals surface area contributed by atoms with Crippen molar-refractivity contribution in [2.75, 3.05) is 5.32 Å². The Morgan fingerprint density at radius 1 is 1.15 bits per heavy atom. The molecule has 104 valence electrons. The maximum absolute atomic E-state index is 11.0. The lowest BCUT2D eigenvalue weighted by molar-refractivity contribution is -0.384. The molecule has 1 atom stereocenters. The minimum Gasteiger partial charge on any atom is -0.373 e. The first-order valence-electron chi connectivity index (χ1n) is 5.93. The van der Waals surface area contributed by atoms with Crippen LogP contribution < -0.4 is 5.32 Å². The summed E-state index contributed by atoms with van der Waals surface area (Å²) in [6.07, 6.45) is 0. The molecule has 0 aromatic heterocycles. The monoisotopic (exact) mass is 310 g/mol. The van der Waals surface area contributed by atoms with Gasteiger partial charge in [0.15, 0.2) is 0 Å². The largest absolute Gasteiger partial charge is 0.373 e. The summed E-state index contributed by atoms with van der Waals surface area (Å²) in [4.78, 5) is 10.6. The third-order valence-electron chi connectivity index (χ3n) is 2.88. The van der Waals surface area contributed by atoms with Gasteiger partial charge >= 0.3 is 0 Å². The van der Waals surface area contributed by atoms with Crippen molar-refractivity contribution >= 4 is 34.6 Å². The van der Waals surface area contributed by atoms with Gasteiger partial charge in [0.05, 0.1) is 4.92 Å². The summed E-state index contributed by atoms with van der Waals surface area (Å²) in [5, 5.41) is 15.2. The van der Waals surface area contributed by atoms with Gasteiger partial charge in [0.1, 0.15) is 5.69 Å². The van der Waals surface area contributed by atoms with Gasteiger partial charge in [0.2, 0.25) is 0 Å². The Kier molecular flexibility index (Phi) is 4.47. The quantitative estimate of drug-likeness (QED) is 0.633. The Labute approximate surface area is 126 Å². The van der Waals surface area contributed by atoms with Crippen LogP contribution in [-0.4, -0.2) is 4.92 Å². The van der Waals surface area contributed by atoms with E-state index in [2.05, 4.69) is 5.32 Å². The molecule has 2 rings (SSSR count). The number of nitrogens with one attached hydrogen (secondary N) is 1. The predicted molar refractivity (Wildman–Crippen MR) is 81.6 cm³/mol. The van der Waals surface area contributed by atoms with Crippen LogP contribution in [0, 0.1) is 10.1 Å². The number of nitrogens with zero attached hydrogens (tertiary/aromatic N) is 1. The zero-order valence-corrected chi connectivity index (χ0v) is 12.2. The second-order valence-electron chi connectivity index (χ2n) is 4.34. The summed E-state index contributed by atoms with van der Waals surface area (Å²) >= 11 is 11.8. The molecule has 4 nitrogen and oxygen atoms in total. The fourth-order valence-corrected chi connectivity index (χ4v) is 2.25. The maximum atomic E-state index is 11.0. The lowest BCUT2D eigenvalue weighted by Gasteiger charge is -2.16. The number of nitro benzene ring substituents is 1. The van der Waals surface area contributed by atoms with Gasteiger partial charge in [0.25, 0.3) is 5.69 Å². The van der Waals surface area contributed by atoms with Gasteiger partial charge in [-0.3, -0.25) is 10.1 Å². The summed E-state index contributed by atoms with van der Waals surface area (Å²) in [5.41, 5.74) is 1.31. The maximum Gasteiger partial charge on any atom is 0.292 e. The highest BCUT2D eigenvalue weighted by molar-refractivity contribution is 6.31. The van der Waals surface area contributed by atoms with Gasteiger partial charge in [-0.1, -0.05) is 35.3 Å². The molecule has 0 aliphatic carbocycles. The molecular weight excluding hydrogens is 299 g/mol. The van der Waals surface area contributed by atoms with Crippen LogP contribution >= 0.6 is 23.2 Å². The van der Waals surface area contributed by atoms with Gasteiger partial charge in [-0.05, 0) is 36.8 Å². The molecule has 0 heterocycles. The number of benzene rings is 2. The summed E-state index contributed by atoms with van der Waals surface area (Å²) in [7, 11) is 0. The van der Waals surface area contributed by atoms with E-state index in [0.717, 1.165) is 5.56 Å². The molecule has 0 amide bonds. The smallest absolute Gasteiger partial charge is 0.292 e. The molecule has 0 saturated heterocycles. The van der Waals surface area contributed by atoms with Crippen LogP contribution in [0.25, 0.3) is 0 Å². The van der Waals surface area contributed by atoms with Crippen molar-refractivity contribution in [3.63, 3.8) is 0 Å². The lowest BCUT2D eigenvalue weighted by atomic mass is 10.1. The lowest BCUT2D eigenvalue weighted by Crippen LogP contribution is -2.08. The molecule has 0 bridgehead atoms. The Morgan fingerprint density at radius 2 is 1.85 bits per heavy atom. The van der Waals surface area contributed by atoms with Crippen molar-refractivity contribution in [2.45, 2.75) is 13.0 Å². The first kappa shape index (κ1) is 14.6. The van der Waals surface area contributed by atoms with E-state index in [1.54, 1.807) is 12.1 Å². The second kappa shape index (κ2) is 6.11. The molecule has 6 heteroatoms. The minimum atomic E-state index is -0.441. The van der Waals surface area contributed by atoms with Gasteiger partial charge < -0.3 is 5.32 Å². The van der Waals surface area contributed by atoms with Crippen LogP contribution in [0.3, 0.4) is 0 Å². The van der Waals surface area contributed by atoms with Crippen LogP contribution in [0.5, 0.6) is 0 Å². The van der Waals surface area contributed by atoms with Gasteiger partial charge in [-0.15, -0.1) is 0 Å². The highest BCUT2D eigenvalue weighted by atomic mass is 35.5. The fraction of sp³-hybridized carbons (Fsp3) is 0.143. The first-order valence-corrected chi connectivity index (χ1v) is 6.69. The van der Waals surface area contributed by atoms with E-state index in [4.69, 9.17) is 23.2 Å². The zero-order valence-electron chi connectivity index (χ0n) is 10.6. The van der Waals surface area contributed by atoms with E-state index in [0.29, 0.717) is 15.7 Å². The van der Waals surface area contributed by atoms with Crippen molar-refractivity contribution in [2.24, 2.45) is 0 Å². The number of hydrogen-bond acceptors (Lipinski definition) is 3. The second-order valence-corrected chi connectivity index (χ2v) is 5.21. The third kappa shape index (κ3) is 3.40. The Balaban J connectivity index is 2.29. The van der Waals surface area contributed by atoms with Gasteiger partial charge in [-0.2, -0.15) is 0 Å². The molecule has 0 aliphatic heterocycles. The average molecular weight is 311 g/mol. The summed E-state index contributed by atoms with van der Waals surface area (Å²) in [6, 6.07) is 11.6.